The number of ketones is 1. The van der Waals surface area contributed by atoms with Gasteiger partial charge in [0.1, 0.15) is 29.0 Å². The topological polar surface area (TPSA) is 249 Å². The first-order valence-electron chi connectivity index (χ1n) is 18.7. The van der Waals surface area contributed by atoms with Crippen LogP contribution in [0.4, 0.5) is 0 Å². The molecule has 0 saturated carbocycles. The van der Waals surface area contributed by atoms with Crippen molar-refractivity contribution in [1.29, 1.82) is 0 Å². The molecule has 1 heterocycles. The maximum absolute atomic E-state index is 12.0. The summed E-state index contributed by atoms with van der Waals surface area (Å²) in [6.07, 6.45) is 0.162. The van der Waals surface area contributed by atoms with E-state index in [1.165, 1.54) is 48.0 Å². The molecule has 1 aliphatic rings. The van der Waals surface area contributed by atoms with Crippen LogP contribution in [0.5, 0.6) is 0 Å². The Balaban J connectivity index is -0.000000227. The molecule has 0 aromatic heterocycles. The summed E-state index contributed by atoms with van der Waals surface area (Å²) in [5, 5.41) is 10.4. The monoisotopic (exact) mass is 943 g/mol. The molecule has 0 aromatic carbocycles. The number of hydrogen-bond donors (Lipinski definition) is 2. The van der Waals surface area contributed by atoms with Gasteiger partial charge in [-0.05, 0) is 118 Å². The van der Waals surface area contributed by atoms with Crippen LogP contribution in [0.1, 0.15) is 125 Å². The van der Waals surface area contributed by atoms with E-state index < -0.39 is 80.9 Å². The third-order valence-corrected chi connectivity index (χ3v) is 7.91. The van der Waals surface area contributed by atoms with Gasteiger partial charge in [0, 0.05) is 36.2 Å². The van der Waals surface area contributed by atoms with Crippen LogP contribution in [0.2, 0.25) is 0 Å². The number of rotatable bonds is 11. The van der Waals surface area contributed by atoms with E-state index in [2.05, 4.69) is 24.5 Å². The van der Waals surface area contributed by atoms with Gasteiger partial charge in [-0.25, -0.2) is 14.4 Å². The Kier molecular flexibility index (Phi) is 30.3. The molecule has 0 aromatic rings. The van der Waals surface area contributed by atoms with Crippen molar-refractivity contribution in [3.05, 3.63) is 42.9 Å². The molecule has 17 nitrogen and oxygen atoms in total. The maximum atomic E-state index is 12.0. The van der Waals surface area contributed by atoms with Gasteiger partial charge in [0.05, 0.1) is 18.1 Å². The number of aliphatic hydroxyl groups is 1. The molecule has 350 valence electrons. The normalized spacial score (nSPS) is 19.0. The number of carbonyl (C=O) groups excluding carboxylic acids is 7. The molecule has 7 atom stereocenters. The minimum absolute atomic E-state index is 0. The van der Waals surface area contributed by atoms with E-state index in [9.17, 15) is 47.1 Å². The van der Waals surface area contributed by atoms with E-state index >= 15 is 0 Å². The smallest absolute Gasteiger partial charge is 0.333 e. The van der Waals surface area contributed by atoms with E-state index in [4.69, 9.17) is 28.2 Å². The zero-order valence-corrected chi connectivity index (χ0v) is 43.5. The van der Waals surface area contributed by atoms with Crippen LogP contribution in [-0.2, 0) is 91.6 Å². The molecular formula is C42H71O17SZn-. The fourth-order valence-electron chi connectivity index (χ4n) is 3.50. The van der Waals surface area contributed by atoms with E-state index in [0.29, 0.717) is 17.4 Å². The first-order valence-corrected chi connectivity index (χ1v) is 20.6. The average molecular weight is 945 g/mol. The molecule has 0 amide bonds. The Morgan fingerprint density at radius 2 is 1.15 bits per heavy atom. The average Bonchev–Trinajstić information content (AvgIpc) is 3.23. The van der Waals surface area contributed by atoms with Crippen molar-refractivity contribution in [2.24, 2.45) is 11.8 Å². The second-order valence-electron chi connectivity index (χ2n) is 16.5. The Morgan fingerprint density at radius 3 is 1.41 bits per heavy atom. The molecule has 7 unspecified atom stereocenters. The molecular weight excluding hydrogens is 874 g/mol. The number of cyclic esters (lactones) is 1. The molecule has 0 bridgehead atoms. The van der Waals surface area contributed by atoms with Crippen LogP contribution in [0.3, 0.4) is 0 Å². The van der Waals surface area contributed by atoms with Crippen molar-refractivity contribution in [1.82, 2.24) is 0 Å². The van der Waals surface area contributed by atoms with Crippen molar-refractivity contribution < 1.29 is 99.5 Å². The van der Waals surface area contributed by atoms with Crippen molar-refractivity contribution in [2.75, 3.05) is 6.26 Å². The minimum atomic E-state index is -3.67. The van der Waals surface area contributed by atoms with Gasteiger partial charge in [0.15, 0.2) is 23.5 Å². The molecule has 0 aliphatic carbocycles. The summed E-state index contributed by atoms with van der Waals surface area (Å²) in [7, 11) is -3.67. The molecule has 61 heavy (non-hydrogen) atoms. The standard InChI is InChI=1S/C15H26O5.C11H16O4.C8H12O3.C7H13O2.CH4O3S.Zn/c1-9(2)12(16)19-11(4)15(8,18)10(3)13(17)20-14(5,6)7;1-6(2)9(12)15-11(5)7(3)10(13)14-8(11)4;1-5(2)8(10)11-7(4)6(3)9;1-5-6(8)9-7(2,3)4;1-5(2,3)4;/h10-11,18H,1H2,2-8H3;7-8H,1H2,2-5H3;7H,1H2,2-4H3;5H,1-4H3;1H3,(H,2,3,4);/q;;;-1;;. The molecule has 1 fully saturated rings. The minimum Gasteiger partial charge on any atom is -0.483 e. The summed E-state index contributed by atoms with van der Waals surface area (Å²) >= 11 is 0. The molecule has 0 spiro atoms. The van der Waals surface area contributed by atoms with E-state index in [1.807, 2.05) is 20.8 Å². The summed E-state index contributed by atoms with van der Waals surface area (Å²) in [4.78, 5) is 78.1. The summed E-state index contributed by atoms with van der Waals surface area (Å²) in [6, 6.07) is 0. The molecule has 1 rings (SSSR count). The zero-order valence-electron chi connectivity index (χ0n) is 39.7. The number of carbonyl (C=O) groups is 7. The molecule has 0 radical (unpaired) electrons. The second-order valence-corrected chi connectivity index (χ2v) is 17.9. The predicted octanol–water partition coefficient (Wildman–Crippen LogP) is 5.81. The van der Waals surface area contributed by atoms with Gasteiger partial charge in [-0.15, -0.1) is 0 Å². The van der Waals surface area contributed by atoms with Crippen LogP contribution in [0, 0.1) is 18.3 Å². The fraction of sp³-hybridized carbons (Fsp3) is 0.667. The third-order valence-electron chi connectivity index (χ3n) is 7.91. The zero-order chi connectivity index (χ0) is 49.1. The van der Waals surface area contributed by atoms with Gasteiger partial charge in [0.2, 0.25) is 0 Å². The number of esters is 6. The molecule has 1 saturated heterocycles. The van der Waals surface area contributed by atoms with Gasteiger partial charge >= 0.3 is 29.8 Å². The first kappa shape index (κ1) is 66.2. The number of Topliss-reactive ketones (excluding diaryl/α,β-unsaturated/α-hetero) is 1. The van der Waals surface area contributed by atoms with Gasteiger partial charge in [-0.1, -0.05) is 19.7 Å². The van der Waals surface area contributed by atoms with Gasteiger partial charge < -0.3 is 33.5 Å². The third kappa shape index (κ3) is 30.7. The molecule has 19 heteroatoms. The predicted molar refractivity (Wildman–Crippen MR) is 224 cm³/mol. The Morgan fingerprint density at radius 1 is 0.787 bits per heavy atom. The largest absolute Gasteiger partial charge is 0.483 e. The van der Waals surface area contributed by atoms with Crippen LogP contribution >= 0.6 is 0 Å². The van der Waals surface area contributed by atoms with Crippen LogP contribution < -0.4 is 0 Å². The summed E-state index contributed by atoms with van der Waals surface area (Å²) in [6.45, 7) is 39.9. The number of ether oxygens (including phenoxy) is 6. The summed E-state index contributed by atoms with van der Waals surface area (Å²) < 4.78 is 56.1. The Hall–Kier alpha value is -3.93. The fourth-order valence-corrected chi connectivity index (χ4v) is 3.50. The van der Waals surface area contributed by atoms with Gasteiger partial charge in [0.25, 0.3) is 10.1 Å². The van der Waals surface area contributed by atoms with Gasteiger partial charge in [-0.3, -0.25) is 30.2 Å². The summed E-state index contributed by atoms with van der Waals surface area (Å²) in [5.41, 5.74) is -2.57. The van der Waals surface area contributed by atoms with E-state index in [1.54, 1.807) is 62.3 Å². The first-order chi connectivity index (χ1) is 26.5. The summed E-state index contributed by atoms with van der Waals surface area (Å²) in [5.74, 6) is -4.20. The maximum Gasteiger partial charge on any atom is 0.333 e. The Labute approximate surface area is 376 Å². The van der Waals surface area contributed by atoms with E-state index in [-0.39, 0.29) is 48.4 Å². The van der Waals surface area contributed by atoms with Gasteiger partial charge in [-0.2, -0.15) is 15.3 Å². The van der Waals surface area contributed by atoms with Crippen LogP contribution in [0.25, 0.3) is 0 Å². The van der Waals surface area contributed by atoms with Crippen molar-refractivity contribution >= 4 is 51.7 Å². The van der Waals surface area contributed by atoms with Crippen molar-refractivity contribution in [3.63, 3.8) is 0 Å². The van der Waals surface area contributed by atoms with Crippen LogP contribution in [0.15, 0.2) is 36.5 Å². The quantitative estimate of drug-likeness (QED) is 0.0620. The Bertz CT molecular complexity index is 1640. The molecule has 1 aliphatic heterocycles. The second kappa shape index (κ2) is 27.9. The number of hydrogen-bond acceptors (Lipinski definition) is 16. The van der Waals surface area contributed by atoms with Crippen LogP contribution in [-0.4, -0.2) is 107 Å². The van der Waals surface area contributed by atoms with Crippen molar-refractivity contribution in [2.45, 2.75) is 165 Å². The van der Waals surface area contributed by atoms with E-state index in [0.717, 1.165) is 0 Å². The molecule has 2 N–H and O–H groups in total. The SMILES string of the molecule is C=C(C)C(=O)OC(C)C(C)(O)C(C)C(=O)OC(C)(C)C.C=C(C)C(=O)OC(C)C(C)=O.C=C(C)C(=O)OC1(C)C(C)OC(=O)C1C.CS(=O)(=O)O.C[CH-]C(=O)OC(C)(C)C.[Zn]. The van der Waals surface area contributed by atoms with Crippen molar-refractivity contribution in [3.8, 4) is 0 Å².